The normalized spacial score (nSPS) is 38.0. The summed E-state index contributed by atoms with van der Waals surface area (Å²) >= 11 is 17.6. The second-order valence-electron chi connectivity index (χ2n) is 10.9. The number of hydrogen-bond donors (Lipinski definition) is 1. The third kappa shape index (κ3) is 3.31. The number of benzene rings is 1. The molecule has 3 aliphatic carbocycles. The van der Waals surface area contributed by atoms with Crippen LogP contribution in [0.15, 0.2) is 35.9 Å². The summed E-state index contributed by atoms with van der Waals surface area (Å²) in [7, 11) is 0. The Kier molecular flexibility index (Phi) is 6.05. The zero-order valence-corrected chi connectivity index (χ0v) is 23.1. The largest absolute Gasteiger partial charge is 0.508 e. The van der Waals surface area contributed by atoms with Crippen molar-refractivity contribution in [3.05, 3.63) is 41.5 Å². The zero-order chi connectivity index (χ0) is 26.3. The number of alkyl halides is 3. The van der Waals surface area contributed by atoms with Crippen molar-refractivity contribution in [3.8, 4) is 5.75 Å². The van der Waals surface area contributed by atoms with Crippen LogP contribution in [0.1, 0.15) is 56.4 Å². The van der Waals surface area contributed by atoms with Crippen molar-refractivity contribution < 1.29 is 24.3 Å². The van der Waals surface area contributed by atoms with Gasteiger partial charge in [-0.2, -0.15) is 0 Å². The van der Waals surface area contributed by atoms with Crippen molar-refractivity contribution in [2.24, 2.45) is 17.8 Å². The summed E-state index contributed by atoms with van der Waals surface area (Å²) in [4.78, 5) is 53.7. The van der Waals surface area contributed by atoms with Gasteiger partial charge < -0.3 is 5.11 Å². The van der Waals surface area contributed by atoms with E-state index in [1.54, 1.807) is 12.1 Å². The fourth-order valence-corrected chi connectivity index (χ4v) is 8.94. The third-order valence-electron chi connectivity index (χ3n) is 9.22. The minimum Gasteiger partial charge on any atom is -0.508 e. The number of carbonyl (C=O) groups excluding carboxylic acids is 4. The van der Waals surface area contributed by atoms with Crippen LogP contribution in [-0.2, 0) is 19.2 Å². The topological polar surface area (TPSA) is 95.0 Å². The zero-order valence-electron chi connectivity index (χ0n) is 20.0. The van der Waals surface area contributed by atoms with Crippen LogP contribution < -0.4 is 0 Å². The summed E-state index contributed by atoms with van der Waals surface area (Å²) in [6.07, 6.45) is 7.02. The van der Waals surface area contributed by atoms with E-state index < -0.39 is 45.2 Å². The molecular weight excluding hydrogens is 583 g/mol. The average molecular weight is 610 g/mol. The van der Waals surface area contributed by atoms with E-state index in [1.807, 2.05) is 6.08 Å². The van der Waals surface area contributed by atoms with Gasteiger partial charge in [-0.25, -0.2) is 0 Å². The van der Waals surface area contributed by atoms with Gasteiger partial charge in [0.05, 0.1) is 17.3 Å². The van der Waals surface area contributed by atoms with E-state index in [2.05, 4.69) is 15.9 Å². The molecule has 1 N–H and O–H groups in total. The van der Waals surface area contributed by atoms with Crippen LogP contribution in [0, 0.1) is 17.8 Å². The highest BCUT2D eigenvalue weighted by molar-refractivity contribution is 9.09. The molecule has 2 aliphatic heterocycles. The van der Waals surface area contributed by atoms with Gasteiger partial charge in [0.15, 0.2) is 9.75 Å². The number of phenols is 1. The Bertz CT molecular complexity index is 1230. The van der Waals surface area contributed by atoms with Crippen molar-refractivity contribution in [2.75, 3.05) is 5.45 Å². The number of amides is 4. The Labute approximate surface area is 233 Å². The Morgan fingerprint density at radius 3 is 2.27 bits per heavy atom. The first-order chi connectivity index (χ1) is 17.6. The molecule has 6 unspecified atom stereocenters. The van der Waals surface area contributed by atoms with Crippen LogP contribution in [-0.4, -0.2) is 59.8 Å². The molecule has 10 heteroatoms. The lowest BCUT2D eigenvalue weighted by molar-refractivity contribution is -0.144. The van der Waals surface area contributed by atoms with E-state index in [1.165, 1.54) is 17.0 Å². The van der Waals surface area contributed by atoms with Crippen LogP contribution in [0.5, 0.6) is 5.75 Å². The Hall–Kier alpha value is -1.90. The molecule has 6 rings (SSSR count). The predicted molar refractivity (Wildman–Crippen MR) is 140 cm³/mol. The molecule has 1 aromatic carbocycles. The summed E-state index contributed by atoms with van der Waals surface area (Å²) in [6, 6.07) is 6.25. The molecule has 2 heterocycles. The maximum Gasteiger partial charge on any atom is 0.254 e. The molecule has 4 fully saturated rings. The third-order valence-corrected chi connectivity index (χ3v) is 11.1. The molecule has 2 saturated carbocycles. The van der Waals surface area contributed by atoms with Crippen LogP contribution in [0.25, 0.3) is 0 Å². The summed E-state index contributed by atoms with van der Waals surface area (Å²) in [5.74, 6) is -3.96. The van der Waals surface area contributed by atoms with Crippen LogP contribution in [0.2, 0.25) is 0 Å². The van der Waals surface area contributed by atoms with Crippen molar-refractivity contribution >= 4 is 62.8 Å². The van der Waals surface area contributed by atoms with Crippen molar-refractivity contribution in [1.82, 2.24) is 9.80 Å². The maximum absolute atomic E-state index is 13.9. The standard InChI is InChI=1S/C27H27BrCl2N2O5/c28-13-31-24(36)26(29)12-19-17(21(27(26,30)25(31)37)14-6-8-16(33)9-7-14)10-11-18-20(19)23(35)32(22(18)34)15-4-2-1-3-5-15/h6-10,15,18-21,33H,1-5,11-13H2. The van der Waals surface area contributed by atoms with E-state index in [-0.39, 0.29) is 35.5 Å². The molecule has 1 aromatic rings. The first kappa shape index (κ1) is 25.4. The predicted octanol–water partition coefficient (Wildman–Crippen LogP) is 4.44. The number of carbonyl (C=O) groups is 4. The number of aromatic hydroxyl groups is 1. The van der Waals surface area contributed by atoms with Crippen molar-refractivity contribution in [1.29, 1.82) is 0 Å². The van der Waals surface area contributed by atoms with E-state index in [0.29, 0.717) is 12.0 Å². The van der Waals surface area contributed by atoms with Gasteiger partial charge in [-0.05, 0) is 49.3 Å². The Balaban J connectivity index is 1.48. The van der Waals surface area contributed by atoms with Gasteiger partial charge in [0.1, 0.15) is 5.75 Å². The monoisotopic (exact) mass is 608 g/mol. The first-order valence-corrected chi connectivity index (χ1v) is 14.7. The minimum absolute atomic E-state index is 0.00869. The number of hydrogen-bond acceptors (Lipinski definition) is 5. The highest BCUT2D eigenvalue weighted by Crippen LogP contribution is 2.65. The smallest absolute Gasteiger partial charge is 0.254 e. The van der Waals surface area contributed by atoms with Gasteiger partial charge >= 0.3 is 0 Å². The molecule has 0 aromatic heterocycles. The van der Waals surface area contributed by atoms with Gasteiger partial charge in [-0.15, -0.1) is 23.2 Å². The Morgan fingerprint density at radius 2 is 1.62 bits per heavy atom. The number of halogens is 3. The fourth-order valence-electron chi connectivity index (χ4n) is 7.52. The number of phenolic OH excluding ortho intramolecular Hbond substituents is 1. The number of rotatable bonds is 3. The molecule has 37 heavy (non-hydrogen) atoms. The molecular formula is C27H27BrCl2N2O5. The molecule has 4 amide bonds. The summed E-state index contributed by atoms with van der Waals surface area (Å²) in [5.41, 5.74) is 1.33. The number of likely N-dealkylation sites (tertiary alicyclic amines) is 2. The van der Waals surface area contributed by atoms with Crippen LogP contribution in [0.4, 0.5) is 0 Å². The Morgan fingerprint density at radius 1 is 0.946 bits per heavy atom. The van der Waals surface area contributed by atoms with Gasteiger partial charge in [0.25, 0.3) is 11.8 Å². The summed E-state index contributed by atoms with van der Waals surface area (Å²) in [6.45, 7) is 0. The molecule has 0 spiro atoms. The van der Waals surface area contributed by atoms with Crippen molar-refractivity contribution in [3.63, 3.8) is 0 Å². The van der Waals surface area contributed by atoms with Gasteiger partial charge in [-0.3, -0.25) is 29.0 Å². The SMILES string of the molecule is O=C1C2CC=C3C(CC4(Cl)C(=O)N(CBr)C(=O)C4(Cl)C3c3ccc(O)cc3)C2C(=O)N1C1CCCCC1. The number of imide groups is 2. The lowest BCUT2D eigenvalue weighted by Crippen LogP contribution is -2.60. The lowest BCUT2D eigenvalue weighted by Gasteiger charge is -2.50. The first-order valence-electron chi connectivity index (χ1n) is 12.8. The molecule has 0 bridgehead atoms. The summed E-state index contributed by atoms with van der Waals surface area (Å²) < 4.78 is 0. The minimum atomic E-state index is -1.82. The maximum atomic E-state index is 13.9. The molecule has 196 valence electrons. The van der Waals surface area contributed by atoms with Gasteiger partial charge in [-0.1, -0.05) is 59.0 Å². The quantitative estimate of drug-likeness (QED) is 0.237. The fraction of sp³-hybridized carbons (Fsp3) is 0.556. The number of fused-ring (bicyclic) bond motifs is 4. The molecule has 7 nitrogen and oxygen atoms in total. The molecule has 0 radical (unpaired) electrons. The van der Waals surface area contributed by atoms with E-state index in [0.717, 1.165) is 42.6 Å². The van der Waals surface area contributed by atoms with E-state index in [4.69, 9.17) is 23.2 Å². The van der Waals surface area contributed by atoms with Crippen LogP contribution in [0.3, 0.4) is 0 Å². The highest BCUT2D eigenvalue weighted by Gasteiger charge is 2.76. The molecule has 2 saturated heterocycles. The second kappa shape index (κ2) is 8.82. The van der Waals surface area contributed by atoms with Gasteiger partial charge in [0.2, 0.25) is 11.8 Å². The molecule has 5 aliphatic rings. The number of nitrogens with zero attached hydrogens (tertiary/aromatic N) is 2. The molecule has 6 atom stereocenters. The average Bonchev–Trinajstić information content (AvgIpc) is 3.23. The van der Waals surface area contributed by atoms with E-state index in [9.17, 15) is 24.3 Å². The second-order valence-corrected chi connectivity index (χ2v) is 12.7. The van der Waals surface area contributed by atoms with Gasteiger partial charge in [0, 0.05) is 12.0 Å². The lowest BCUT2D eigenvalue weighted by atomic mass is 9.56. The van der Waals surface area contributed by atoms with Crippen LogP contribution >= 0.6 is 39.1 Å². The van der Waals surface area contributed by atoms with E-state index >= 15 is 0 Å². The number of allylic oxidation sites excluding steroid dienone is 2. The highest BCUT2D eigenvalue weighted by atomic mass is 79.9. The van der Waals surface area contributed by atoms with Crippen molar-refractivity contribution in [2.45, 2.75) is 66.7 Å². The summed E-state index contributed by atoms with van der Waals surface area (Å²) in [5, 5.41) is 9.91.